The highest BCUT2D eigenvalue weighted by molar-refractivity contribution is 9.08. The minimum absolute atomic E-state index is 0.0668. The van der Waals surface area contributed by atoms with E-state index in [4.69, 9.17) is 5.73 Å². The van der Waals surface area contributed by atoms with Crippen molar-refractivity contribution < 1.29 is 5.11 Å². The number of halogens is 1. The number of hydrogen-bond donors (Lipinski definition) is 2. The Morgan fingerprint density at radius 3 is 2.79 bits per heavy atom. The van der Waals surface area contributed by atoms with Gasteiger partial charge in [0.05, 0.1) is 11.6 Å². The average Bonchev–Trinajstić information content (AvgIpc) is 2.56. The summed E-state index contributed by atoms with van der Waals surface area (Å²) in [6.45, 7) is 0.0668. The lowest BCUT2D eigenvalue weighted by Crippen LogP contribution is -1.86. The Morgan fingerprint density at radius 1 is 1.36 bits per heavy atom. The fraction of sp³-hybridized carbons (Fsp3) is 0.200. The van der Waals surface area contributed by atoms with Crippen LogP contribution in [0.2, 0.25) is 0 Å². The van der Waals surface area contributed by atoms with Crippen molar-refractivity contribution in [2.75, 3.05) is 5.73 Å². The van der Waals surface area contributed by atoms with Gasteiger partial charge in [-0.2, -0.15) is 0 Å². The first-order valence-electron chi connectivity index (χ1n) is 4.22. The Bertz CT molecular complexity index is 466. The zero-order chi connectivity index (χ0) is 10.1. The maximum absolute atomic E-state index is 9.22. The summed E-state index contributed by atoms with van der Waals surface area (Å²) in [6.07, 6.45) is 0. The first-order valence-corrected chi connectivity index (χ1v) is 6.16. The molecule has 0 atom stereocenters. The van der Waals surface area contributed by atoms with Gasteiger partial charge in [-0.3, -0.25) is 0 Å². The van der Waals surface area contributed by atoms with Crippen LogP contribution in [0.1, 0.15) is 11.1 Å². The van der Waals surface area contributed by atoms with E-state index < -0.39 is 0 Å². The highest BCUT2D eigenvalue weighted by Gasteiger charge is 2.06. The van der Waals surface area contributed by atoms with Gasteiger partial charge < -0.3 is 10.8 Å². The number of hydrogen-bond acceptors (Lipinski definition) is 3. The van der Waals surface area contributed by atoms with Crippen LogP contribution < -0.4 is 5.73 Å². The molecule has 2 rings (SSSR count). The molecule has 0 fully saturated rings. The van der Waals surface area contributed by atoms with Crippen LogP contribution >= 0.6 is 27.3 Å². The lowest BCUT2D eigenvalue weighted by Gasteiger charge is -2.01. The van der Waals surface area contributed by atoms with E-state index in [9.17, 15) is 5.11 Å². The predicted molar refractivity (Wildman–Crippen MR) is 64.8 cm³/mol. The van der Waals surface area contributed by atoms with Crippen LogP contribution in [0.3, 0.4) is 0 Å². The maximum Gasteiger partial charge on any atom is 0.0868 e. The first-order chi connectivity index (χ1) is 6.74. The number of rotatable bonds is 2. The van der Waals surface area contributed by atoms with Gasteiger partial charge in [0.25, 0.3) is 0 Å². The molecule has 0 aliphatic carbocycles. The second-order valence-electron chi connectivity index (χ2n) is 3.11. The molecule has 74 valence electrons. The number of anilines is 1. The molecule has 0 amide bonds. The lowest BCUT2D eigenvalue weighted by atomic mass is 10.1. The van der Waals surface area contributed by atoms with Gasteiger partial charge in [0.1, 0.15) is 0 Å². The maximum atomic E-state index is 9.22. The molecule has 0 bridgehead atoms. The van der Waals surface area contributed by atoms with Crippen LogP contribution in [-0.2, 0) is 11.9 Å². The summed E-state index contributed by atoms with van der Waals surface area (Å²) in [5.74, 6) is 0. The smallest absolute Gasteiger partial charge is 0.0868 e. The van der Waals surface area contributed by atoms with E-state index in [1.165, 1.54) is 16.9 Å². The SMILES string of the molecule is Nc1cc2cc(CBr)cc(CO)c2s1. The number of benzene rings is 1. The van der Waals surface area contributed by atoms with Crippen molar-refractivity contribution in [2.45, 2.75) is 11.9 Å². The highest BCUT2D eigenvalue weighted by atomic mass is 79.9. The molecular weight excluding hydrogens is 262 g/mol. The molecule has 1 heterocycles. The minimum atomic E-state index is 0.0668. The average molecular weight is 272 g/mol. The standard InChI is InChI=1S/C10H10BrNOS/c11-4-6-1-7-3-9(12)14-10(7)8(2-6)5-13/h1-3,13H,4-5,12H2. The van der Waals surface area contributed by atoms with Gasteiger partial charge in [0.2, 0.25) is 0 Å². The van der Waals surface area contributed by atoms with E-state index >= 15 is 0 Å². The van der Waals surface area contributed by atoms with Gasteiger partial charge >= 0.3 is 0 Å². The molecule has 2 nitrogen and oxygen atoms in total. The molecule has 1 aromatic heterocycles. The second kappa shape index (κ2) is 3.88. The fourth-order valence-corrected chi connectivity index (χ4v) is 2.74. The Morgan fingerprint density at radius 2 is 2.14 bits per heavy atom. The lowest BCUT2D eigenvalue weighted by molar-refractivity contribution is 0.283. The summed E-state index contributed by atoms with van der Waals surface area (Å²) in [4.78, 5) is 0. The van der Waals surface area contributed by atoms with Gasteiger partial charge in [-0.15, -0.1) is 11.3 Å². The summed E-state index contributed by atoms with van der Waals surface area (Å²) < 4.78 is 1.09. The van der Waals surface area contributed by atoms with Gasteiger partial charge in [-0.25, -0.2) is 0 Å². The van der Waals surface area contributed by atoms with Crippen LogP contribution in [0.4, 0.5) is 5.00 Å². The van der Waals surface area contributed by atoms with E-state index in [0.717, 1.165) is 26.0 Å². The summed E-state index contributed by atoms with van der Waals surface area (Å²) >= 11 is 4.93. The largest absolute Gasteiger partial charge is 0.392 e. The normalized spacial score (nSPS) is 11.0. The summed E-state index contributed by atoms with van der Waals surface area (Å²) in [5, 5.41) is 11.9. The third kappa shape index (κ3) is 1.65. The zero-order valence-electron chi connectivity index (χ0n) is 7.46. The molecule has 1 aromatic carbocycles. The number of thiophene rings is 1. The molecule has 0 spiro atoms. The number of aliphatic hydroxyl groups is 1. The van der Waals surface area contributed by atoms with Crippen molar-refractivity contribution in [3.05, 3.63) is 29.3 Å². The number of fused-ring (bicyclic) bond motifs is 1. The van der Waals surface area contributed by atoms with E-state index in [-0.39, 0.29) is 6.61 Å². The predicted octanol–water partition coefficient (Wildman–Crippen LogP) is 2.87. The Labute approximate surface area is 94.5 Å². The molecule has 0 saturated heterocycles. The fourth-order valence-electron chi connectivity index (χ4n) is 1.51. The Balaban J connectivity index is 2.72. The van der Waals surface area contributed by atoms with Gasteiger partial charge in [-0.1, -0.05) is 22.0 Å². The van der Waals surface area contributed by atoms with Crippen molar-refractivity contribution >= 4 is 42.4 Å². The van der Waals surface area contributed by atoms with Gasteiger partial charge in [-0.05, 0) is 28.6 Å². The number of nitrogens with two attached hydrogens (primary N) is 1. The van der Waals surface area contributed by atoms with Gasteiger partial charge in [0, 0.05) is 10.0 Å². The topological polar surface area (TPSA) is 46.2 Å². The van der Waals surface area contributed by atoms with Gasteiger partial charge in [0.15, 0.2) is 0 Å². The van der Waals surface area contributed by atoms with Crippen molar-refractivity contribution in [3.63, 3.8) is 0 Å². The summed E-state index contributed by atoms with van der Waals surface area (Å²) in [6, 6.07) is 6.05. The molecular formula is C10H10BrNOS. The molecule has 14 heavy (non-hydrogen) atoms. The van der Waals surface area contributed by atoms with Crippen LogP contribution in [0.5, 0.6) is 0 Å². The zero-order valence-corrected chi connectivity index (χ0v) is 9.86. The molecule has 0 unspecified atom stereocenters. The quantitative estimate of drug-likeness (QED) is 0.826. The van der Waals surface area contributed by atoms with E-state index in [2.05, 4.69) is 22.0 Å². The van der Waals surface area contributed by atoms with E-state index in [0.29, 0.717) is 0 Å². The van der Waals surface area contributed by atoms with Crippen LogP contribution in [-0.4, -0.2) is 5.11 Å². The minimum Gasteiger partial charge on any atom is -0.392 e. The van der Waals surface area contributed by atoms with Crippen LogP contribution in [0, 0.1) is 0 Å². The second-order valence-corrected chi connectivity index (χ2v) is 4.76. The Kier molecular flexibility index (Phi) is 2.76. The van der Waals surface area contributed by atoms with Crippen LogP contribution in [0.25, 0.3) is 10.1 Å². The Hall–Kier alpha value is -0.580. The molecule has 0 aliphatic heterocycles. The third-order valence-corrected chi connectivity index (χ3v) is 3.80. The number of alkyl halides is 1. The monoisotopic (exact) mass is 271 g/mol. The van der Waals surface area contributed by atoms with Crippen molar-refractivity contribution in [2.24, 2.45) is 0 Å². The molecule has 2 aromatic rings. The summed E-state index contributed by atoms with van der Waals surface area (Å²) in [7, 11) is 0. The molecule has 4 heteroatoms. The summed E-state index contributed by atoms with van der Waals surface area (Å²) in [5.41, 5.74) is 7.85. The first kappa shape index (κ1) is 9.96. The van der Waals surface area contributed by atoms with Crippen molar-refractivity contribution in [1.82, 2.24) is 0 Å². The van der Waals surface area contributed by atoms with Crippen molar-refractivity contribution in [1.29, 1.82) is 0 Å². The van der Waals surface area contributed by atoms with E-state index in [1.54, 1.807) is 0 Å². The molecule has 0 aliphatic rings. The van der Waals surface area contributed by atoms with Crippen molar-refractivity contribution in [3.8, 4) is 0 Å². The highest BCUT2D eigenvalue weighted by Crippen LogP contribution is 2.32. The van der Waals surface area contributed by atoms with Crippen LogP contribution in [0.15, 0.2) is 18.2 Å². The molecule has 3 N–H and O–H groups in total. The van der Waals surface area contributed by atoms with E-state index in [1.807, 2.05) is 12.1 Å². The third-order valence-electron chi connectivity index (χ3n) is 2.10. The molecule has 0 radical (unpaired) electrons. The number of nitrogen functional groups attached to an aromatic ring is 1. The molecule has 0 saturated carbocycles. The number of aliphatic hydroxyl groups excluding tert-OH is 1.